The van der Waals surface area contributed by atoms with Crippen molar-refractivity contribution >= 4 is 16.7 Å². The first kappa shape index (κ1) is 15.9. The molecule has 3 rings (SSSR count). The van der Waals surface area contributed by atoms with E-state index in [4.69, 9.17) is 0 Å². The summed E-state index contributed by atoms with van der Waals surface area (Å²) in [4.78, 5) is 15.0. The minimum absolute atomic E-state index is 0.141. The van der Waals surface area contributed by atoms with Crippen molar-refractivity contribution in [3.05, 3.63) is 41.5 Å². The number of aryl methyl sites for hydroxylation is 1. The van der Waals surface area contributed by atoms with Gasteiger partial charge >= 0.3 is 0 Å². The Morgan fingerprint density at radius 3 is 2.91 bits per heavy atom. The number of carbonyl (C=O) groups excluding carboxylic acids is 1. The van der Waals surface area contributed by atoms with Crippen LogP contribution in [0.3, 0.4) is 0 Å². The Labute approximate surface area is 138 Å². The van der Waals surface area contributed by atoms with Gasteiger partial charge in [-0.15, -0.1) is 10.2 Å². The number of benzene rings is 1. The predicted molar refractivity (Wildman–Crippen MR) is 87.5 cm³/mol. The maximum Gasteiger partial charge on any atom is 0.255 e. The van der Waals surface area contributed by atoms with Gasteiger partial charge in [-0.3, -0.25) is 9.00 Å². The number of amides is 1. The normalized spacial score (nSPS) is 14.5. The van der Waals surface area contributed by atoms with Crippen LogP contribution < -0.4 is 0 Å². The van der Waals surface area contributed by atoms with E-state index >= 15 is 0 Å². The van der Waals surface area contributed by atoms with Crippen LogP contribution in [-0.2, 0) is 30.3 Å². The number of rotatable bonds is 5. The second-order valence-electron chi connectivity index (χ2n) is 5.58. The highest BCUT2D eigenvalue weighted by Gasteiger charge is 2.22. The van der Waals surface area contributed by atoms with Crippen LogP contribution in [0.4, 0.5) is 0 Å². The molecule has 122 valence electrons. The van der Waals surface area contributed by atoms with Gasteiger partial charge in [0.05, 0.1) is 27.8 Å². The lowest BCUT2D eigenvalue weighted by Crippen LogP contribution is -2.28. The number of aromatic nitrogens is 3. The summed E-state index contributed by atoms with van der Waals surface area (Å²) in [6.07, 6.45) is 2.02. The van der Waals surface area contributed by atoms with Crippen LogP contribution in [0, 0.1) is 0 Å². The van der Waals surface area contributed by atoms with Crippen molar-refractivity contribution in [1.29, 1.82) is 0 Å². The third kappa shape index (κ3) is 3.06. The Bertz CT molecular complexity index is 756. The topological polar surface area (TPSA) is 68.1 Å². The molecule has 1 amide bonds. The smallest absolute Gasteiger partial charge is 0.255 e. The quantitative estimate of drug-likeness (QED) is 0.834. The number of nitrogens with zero attached hydrogens (tertiary/aromatic N) is 4. The van der Waals surface area contributed by atoms with Crippen LogP contribution in [0.5, 0.6) is 0 Å². The summed E-state index contributed by atoms with van der Waals surface area (Å²) < 4.78 is 14.2. The van der Waals surface area contributed by atoms with Gasteiger partial charge < -0.3 is 9.47 Å². The van der Waals surface area contributed by atoms with Crippen LogP contribution in [-0.4, -0.2) is 42.6 Å². The molecule has 0 spiro atoms. The average molecular weight is 332 g/mol. The van der Waals surface area contributed by atoms with E-state index in [1.165, 1.54) is 0 Å². The van der Waals surface area contributed by atoms with E-state index in [2.05, 4.69) is 14.8 Å². The standard InChI is InChI=1S/C16H20N4O2S/c1-3-23(22)13-8-5-4-7-12(13)16(21)19(2)11-15-18-17-14-9-6-10-20(14)15/h4-5,7-8H,3,6,9-11H2,1-2H3/t23-/m0/s1. The van der Waals surface area contributed by atoms with Crippen molar-refractivity contribution in [2.24, 2.45) is 0 Å². The molecule has 6 nitrogen and oxygen atoms in total. The zero-order valence-electron chi connectivity index (χ0n) is 13.4. The lowest BCUT2D eigenvalue weighted by Gasteiger charge is -2.18. The number of fused-ring (bicyclic) bond motifs is 1. The second-order valence-corrected chi connectivity index (χ2v) is 7.29. The molecule has 2 heterocycles. The molecule has 23 heavy (non-hydrogen) atoms. The molecule has 1 aromatic heterocycles. The average Bonchev–Trinajstić information content (AvgIpc) is 3.18. The van der Waals surface area contributed by atoms with Gasteiger partial charge in [0.1, 0.15) is 5.82 Å². The van der Waals surface area contributed by atoms with Gasteiger partial charge in [0, 0.05) is 25.8 Å². The molecule has 0 aliphatic carbocycles. The lowest BCUT2D eigenvalue weighted by atomic mass is 10.2. The third-order valence-corrected chi connectivity index (χ3v) is 5.41. The fourth-order valence-electron chi connectivity index (χ4n) is 2.81. The molecule has 2 aromatic rings. The lowest BCUT2D eigenvalue weighted by molar-refractivity contribution is 0.0776. The van der Waals surface area contributed by atoms with Crippen molar-refractivity contribution in [3.63, 3.8) is 0 Å². The fourth-order valence-corrected chi connectivity index (χ4v) is 3.76. The largest absolute Gasteiger partial charge is 0.334 e. The monoisotopic (exact) mass is 332 g/mol. The SMILES string of the molecule is CC[S@](=O)c1ccccc1C(=O)N(C)Cc1nnc2n1CCC2. The zero-order valence-corrected chi connectivity index (χ0v) is 14.2. The maximum absolute atomic E-state index is 12.7. The Morgan fingerprint density at radius 1 is 1.35 bits per heavy atom. The van der Waals surface area contributed by atoms with E-state index in [-0.39, 0.29) is 5.91 Å². The van der Waals surface area contributed by atoms with Crippen molar-refractivity contribution in [1.82, 2.24) is 19.7 Å². The van der Waals surface area contributed by atoms with E-state index in [0.29, 0.717) is 22.8 Å². The van der Waals surface area contributed by atoms with Crippen molar-refractivity contribution in [2.75, 3.05) is 12.8 Å². The molecule has 1 aliphatic heterocycles. The molecule has 1 aliphatic rings. The van der Waals surface area contributed by atoms with E-state index < -0.39 is 10.8 Å². The van der Waals surface area contributed by atoms with Gasteiger partial charge in [-0.25, -0.2) is 0 Å². The summed E-state index contributed by atoms with van der Waals surface area (Å²) in [7, 11) is 0.583. The van der Waals surface area contributed by atoms with Gasteiger partial charge in [0.25, 0.3) is 5.91 Å². The minimum atomic E-state index is -1.16. The summed E-state index contributed by atoms with van der Waals surface area (Å²) in [6.45, 7) is 3.16. The molecule has 0 N–H and O–H groups in total. The van der Waals surface area contributed by atoms with E-state index in [1.807, 2.05) is 13.0 Å². The van der Waals surface area contributed by atoms with Crippen LogP contribution in [0.2, 0.25) is 0 Å². The highest BCUT2D eigenvalue weighted by atomic mass is 32.2. The first-order valence-electron chi connectivity index (χ1n) is 7.75. The highest BCUT2D eigenvalue weighted by molar-refractivity contribution is 7.85. The molecular weight excluding hydrogens is 312 g/mol. The number of hydrogen-bond donors (Lipinski definition) is 0. The van der Waals surface area contributed by atoms with Crippen LogP contribution in [0.15, 0.2) is 29.2 Å². The van der Waals surface area contributed by atoms with Crippen LogP contribution in [0.1, 0.15) is 35.4 Å². The van der Waals surface area contributed by atoms with E-state index in [0.717, 1.165) is 31.0 Å². The van der Waals surface area contributed by atoms with Gasteiger partial charge in [-0.05, 0) is 18.6 Å². The summed E-state index contributed by atoms with van der Waals surface area (Å²) in [5, 5.41) is 8.35. The highest BCUT2D eigenvalue weighted by Crippen LogP contribution is 2.18. The zero-order chi connectivity index (χ0) is 16.4. The van der Waals surface area contributed by atoms with E-state index in [1.54, 1.807) is 30.1 Å². The Kier molecular flexibility index (Phi) is 4.56. The Balaban J connectivity index is 1.81. The molecule has 7 heteroatoms. The minimum Gasteiger partial charge on any atom is -0.334 e. The van der Waals surface area contributed by atoms with Crippen LogP contribution >= 0.6 is 0 Å². The maximum atomic E-state index is 12.7. The van der Waals surface area contributed by atoms with Gasteiger partial charge in [-0.2, -0.15) is 0 Å². The van der Waals surface area contributed by atoms with Crippen LogP contribution in [0.25, 0.3) is 0 Å². The summed E-state index contributed by atoms with van der Waals surface area (Å²) in [5.74, 6) is 2.15. The first-order chi connectivity index (χ1) is 11.1. The van der Waals surface area contributed by atoms with Gasteiger partial charge in [-0.1, -0.05) is 19.1 Å². The molecule has 0 fully saturated rings. The summed E-state index contributed by atoms with van der Waals surface area (Å²) >= 11 is 0. The molecule has 1 atom stereocenters. The molecule has 0 radical (unpaired) electrons. The fraction of sp³-hybridized carbons (Fsp3) is 0.438. The summed E-state index contributed by atoms with van der Waals surface area (Å²) in [6, 6.07) is 7.10. The van der Waals surface area contributed by atoms with Gasteiger partial charge in [0.2, 0.25) is 0 Å². The predicted octanol–water partition coefficient (Wildman–Crippen LogP) is 1.62. The van der Waals surface area contributed by atoms with Crippen molar-refractivity contribution < 1.29 is 9.00 Å². The second kappa shape index (κ2) is 6.62. The molecular formula is C16H20N4O2S. The van der Waals surface area contributed by atoms with Crippen molar-refractivity contribution in [2.45, 2.75) is 37.8 Å². The summed E-state index contributed by atoms with van der Waals surface area (Å²) in [5.41, 5.74) is 0.497. The first-order valence-corrected chi connectivity index (χ1v) is 9.07. The Morgan fingerprint density at radius 2 is 2.13 bits per heavy atom. The number of hydrogen-bond acceptors (Lipinski definition) is 4. The van der Waals surface area contributed by atoms with Crippen molar-refractivity contribution in [3.8, 4) is 0 Å². The van der Waals surface area contributed by atoms with E-state index in [9.17, 15) is 9.00 Å². The third-order valence-electron chi connectivity index (χ3n) is 4.04. The van der Waals surface area contributed by atoms with Gasteiger partial charge in [0.15, 0.2) is 5.82 Å². The molecule has 0 saturated heterocycles. The molecule has 1 aromatic carbocycles. The molecule has 0 saturated carbocycles. The number of carbonyl (C=O) groups is 1. The molecule has 0 unspecified atom stereocenters. The molecule has 0 bridgehead atoms. The Hall–Kier alpha value is -2.02.